The first kappa shape index (κ1) is 14.9. The minimum absolute atomic E-state index is 0.0575. The SMILES string of the molecule is CC(C1CC1)N(C)CCOc1ccc(CC(=O)O)cc1. The Kier molecular flexibility index (Phi) is 5.01. The van der Waals surface area contributed by atoms with Crippen LogP contribution in [0.5, 0.6) is 5.75 Å². The molecule has 0 amide bonds. The Labute approximate surface area is 120 Å². The van der Waals surface area contributed by atoms with Crippen molar-refractivity contribution >= 4 is 5.97 Å². The fourth-order valence-corrected chi connectivity index (χ4v) is 2.33. The number of hydrogen-bond donors (Lipinski definition) is 1. The lowest BCUT2D eigenvalue weighted by Gasteiger charge is -2.24. The molecule has 1 N–H and O–H groups in total. The smallest absolute Gasteiger partial charge is 0.307 e. The number of rotatable bonds is 8. The van der Waals surface area contributed by atoms with Crippen molar-refractivity contribution in [1.29, 1.82) is 0 Å². The molecule has 1 aromatic carbocycles. The van der Waals surface area contributed by atoms with E-state index in [1.165, 1.54) is 12.8 Å². The van der Waals surface area contributed by atoms with Crippen LogP contribution >= 0.6 is 0 Å². The average molecular weight is 277 g/mol. The maximum Gasteiger partial charge on any atom is 0.307 e. The van der Waals surface area contributed by atoms with Crippen molar-refractivity contribution in [3.05, 3.63) is 29.8 Å². The summed E-state index contributed by atoms with van der Waals surface area (Å²) in [4.78, 5) is 12.9. The number of nitrogens with zero attached hydrogens (tertiary/aromatic N) is 1. The van der Waals surface area contributed by atoms with E-state index < -0.39 is 5.97 Å². The molecule has 4 heteroatoms. The largest absolute Gasteiger partial charge is 0.492 e. The normalized spacial score (nSPS) is 16.1. The van der Waals surface area contributed by atoms with Gasteiger partial charge in [-0.05, 0) is 50.4 Å². The summed E-state index contributed by atoms with van der Waals surface area (Å²) < 4.78 is 5.70. The molecular weight excluding hydrogens is 254 g/mol. The summed E-state index contributed by atoms with van der Waals surface area (Å²) in [5.74, 6) is 0.858. The molecular formula is C16H23NO3. The third-order valence-corrected chi connectivity index (χ3v) is 3.99. The maximum absolute atomic E-state index is 10.6. The van der Waals surface area contributed by atoms with Gasteiger partial charge in [-0.2, -0.15) is 0 Å². The Morgan fingerprint density at radius 1 is 1.40 bits per heavy atom. The molecule has 0 bridgehead atoms. The van der Waals surface area contributed by atoms with Gasteiger partial charge in [-0.25, -0.2) is 0 Å². The second-order valence-electron chi connectivity index (χ2n) is 5.62. The number of carbonyl (C=O) groups is 1. The second-order valence-corrected chi connectivity index (χ2v) is 5.62. The summed E-state index contributed by atoms with van der Waals surface area (Å²) in [6.45, 7) is 3.85. The van der Waals surface area contributed by atoms with Gasteiger partial charge in [0, 0.05) is 12.6 Å². The van der Waals surface area contributed by atoms with Crippen LogP contribution in [-0.4, -0.2) is 42.2 Å². The van der Waals surface area contributed by atoms with Crippen molar-refractivity contribution in [2.24, 2.45) is 5.92 Å². The fraction of sp³-hybridized carbons (Fsp3) is 0.562. The summed E-state index contributed by atoms with van der Waals surface area (Å²) in [6, 6.07) is 7.92. The summed E-state index contributed by atoms with van der Waals surface area (Å²) in [7, 11) is 2.14. The van der Waals surface area contributed by atoms with Gasteiger partial charge >= 0.3 is 5.97 Å². The van der Waals surface area contributed by atoms with E-state index in [0.717, 1.165) is 23.8 Å². The monoisotopic (exact) mass is 277 g/mol. The summed E-state index contributed by atoms with van der Waals surface area (Å²) >= 11 is 0. The van der Waals surface area contributed by atoms with Crippen LogP contribution in [0.15, 0.2) is 24.3 Å². The van der Waals surface area contributed by atoms with E-state index in [2.05, 4.69) is 18.9 Å². The van der Waals surface area contributed by atoms with E-state index in [0.29, 0.717) is 12.6 Å². The van der Waals surface area contributed by atoms with Crippen LogP contribution in [0.2, 0.25) is 0 Å². The number of benzene rings is 1. The van der Waals surface area contributed by atoms with Gasteiger partial charge in [-0.3, -0.25) is 4.79 Å². The first-order valence-corrected chi connectivity index (χ1v) is 7.20. The first-order chi connectivity index (χ1) is 9.56. The molecule has 0 aliphatic heterocycles. The van der Waals surface area contributed by atoms with Gasteiger partial charge in [0.05, 0.1) is 6.42 Å². The molecule has 20 heavy (non-hydrogen) atoms. The number of hydrogen-bond acceptors (Lipinski definition) is 3. The summed E-state index contributed by atoms with van der Waals surface area (Å²) in [5, 5.41) is 8.70. The number of likely N-dealkylation sites (N-methyl/N-ethyl adjacent to an activating group) is 1. The van der Waals surface area contributed by atoms with Gasteiger partial charge in [-0.15, -0.1) is 0 Å². The molecule has 0 spiro atoms. The fourth-order valence-electron chi connectivity index (χ4n) is 2.33. The predicted octanol–water partition coefficient (Wildman–Crippen LogP) is 2.42. The molecule has 110 valence electrons. The molecule has 0 heterocycles. The molecule has 1 fully saturated rings. The Hall–Kier alpha value is -1.55. The van der Waals surface area contributed by atoms with Crippen LogP contribution in [0.4, 0.5) is 0 Å². The second kappa shape index (κ2) is 6.75. The van der Waals surface area contributed by atoms with Crippen molar-refractivity contribution in [1.82, 2.24) is 4.90 Å². The lowest BCUT2D eigenvalue weighted by Crippen LogP contribution is -2.34. The Balaban J connectivity index is 1.72. The van der Waals surface area contributed by atoms with Gasteiger partial charge in [0.1, 0.15) is 12.4 Å². The van der Waals surface area contributed by atoms with Crippen LogP contribution in [0.1, 0.15) is 25.3 Å². The zero-order valence-corrected chi connectivity index (χ0v) is 12.2. The van der Waals surface area contributed by atoms with E-state index >= 15 is 0 Å². The van der Waals surface area contributed by atoms with E-state index in [-0.39, 0.29) is 6.42 Å². The van der Waals surface area contributed by atoms with Crippen molar-refractivity contribution in [2.75, 3.05) is 20.2 Å². The molecule has 1 aliphatic carbocycles. The molecule has 0 radical (unpaired) electrons. The molecule has 1 aliphatic rings. The highest BCUT2D eigenvalue weighted by Crippen LogP contribution is 2.34. The highest BCUT2D eigenvalue weighted by molar-refractivity contribution is 5.70. The molecule has 0 saturated heterocycles. The van der Waals surface area contributed by atoms with Crippen molar-refractivity contribution in [3.63, 3.8) is 0 Å². The highest BCUT2D eigenvalue weighted by atomic mass is 16.5. The maximum atomic E-state index is 10.6. The van der Waals surface area contributed by atoms with Crippen LogP contribution in [0.25, 0.3) is 0 Å². The number of aliphatic carboxylic acids is 1. The van der Waals surface area contributed by atoms with Gasteiger partial charge in [-0.1, -0.05) is 12.1 Å². The van der Waals surface area contributed by atoms with Gasteiger partial charge in [0.15, 0.2) is 0 Å². The highest BCUT2D eigenvalue weighted by Gasteiger charge is 2.30. The Morgan fingerprint density at radius 2 is 2.05 bits per heavy atom. The third-order valence-electron chi connectivity index (χ3n) is 3.99. The Morgan fingerprint density at radius 3 is 2.60 bits per heavy atom. The van der Waals surface area contributed by atoms with Crippen LogP contribution in [0, 0.1) is 5.92 Å². The topological polar surface area (TPSA) is 49.8 Å². The lowest BCUT2D eigenvalue weighted by atomic mass is 10.1. The van der Waals surface area contributed by atoms with Crippen molar-refractivity contribution in [2.45, 2.75) is 32.2 Å². The quantitative estimate of drug-likeness (QED) is 0.793. The van der Waals surface area contributed by atoms with Crippen LogP contribution < -0.4 is 4.74 Å². The zero-order valence-electron chi connectivity index (χ0n) is 12.2. The number of carboxylic acid groups (broad SMARTS) is 1. The molecule has 1 saturated carbocycles. The molecule has 1 unspecified atom stereocenters. The number of ether oxygens (including phenoxy) is 1. The summed E-state index contributed by atoms with van der Waals surface area (Å²) in [5.41, 5.74) is 0.796. The lowest BCUT2D eigenvalue weighted by molar-refractivity contribution is -0.136. The summed E-state index contributed by atoms with van der Waals surface area (Å²) in [6.07, 6.45) is 2.77. The van der Waals surface area contributed by atoms with E-state index in [1.54, 1.807) is 12.1 Å². The molecule has 2 rings (SSSR count). The van der Waals surface area contributed by atoms with Gasteiger partial charge in [0.25, 0.3) is 0 Å². The van der Waals surface area contributed by atoms with Crippen molar-refractivity contribution in [3.8, 4) is 5.75 Å². The first-order valence-electron chi connectivity index (χ1n) is 7.20. The van der Waals surface area contributed by atoms with Crippen LogP contribution in [-0.2, 0) is 11.2 Å². The minimum Gasteiger partial charge on any atom is -0.492 e. The zero-order chi connectivity index (χ0) is 14.5. The van der Waals surface area contributed by atoms with Crippen LogP contribution in [0.3, 0.4) is 0 Å². The standard InChI is InChI=1S/C16H23NO3/c1-12(14-5-6-14)17(2)9-10-20-15-7-3-13(4-8-15)11-16(18)19/h3-4,7-8,12,14H,5-6,9-11H2,1-2H3,(H,18,19). The predicted molar refractivity (Wildman–Crippen MR) is 78.1 cm³/mol. The average Bonchev–Trinajstić information content (AvgIpc) is 3.23. The Bertz CT molecular complexity index is 440. The van der Waals surface area contributed by atoms with Gasteiger partial charge < -0.3 is 14.7 Å². The third kappa shape index (κ3) is 4.53. The molecule has 1 atom stereocenters. The van der Waals surface area contributed by atoms with E-state index in [4.69, 9.17) is 9.84 Å². The molecule has 1 aromatic rings. The molecule has 4 nitrogen and oxygen atoms in total. The number of carboxylic acids is 1. The van der Waals surface area contributed by atoms with E-state index in [9.17, 15) is 4.79 Å². The molecule has 0 aromatic heterocycles. The van der Waals surface area contributed by atoms with Crippen molar-refractivity contribution < 1.29 is 14.6 Å². The van der Waals surface area contributed by atoms with Gasteiger partial charge in [0.2, 0.25) is 0 Å². The minimum atomic E-state index is -0.811. The van der Waals surface area contributed by atoms with E-state index in [1.807, 2.05) is 12.1 Å².